The molecule has 1 amide bonds. The Bertz CT molecular complexity index is 503. The van der Waals surface area contributed by atoms with Gasteiger partial charge in [-0.05, 0) is 55.7 Å². The normalized spacial score (nSPS) is 28.7. The molecule has 0 spiro atoms. The Hall–Kier alpha value is -1.39. The first-order chi connectivity index (χ1) is 10.2. The van der Waals surface area contributed by atoms with E-state index in [-0.39, 0.29) is 12.5 Å². The molecule has 4 heteroatoms. The zero-order valence-corrected chi connectivity index (χ0v) is 12.4. The molecule has 2 aliphatic rings. The van der Waals surface area contributed by atoms with Crippen LogP contribution in [0.25, 0.3) is 0 Å². The summed E-state index contributed by atoms with van der Waals surface area (Å²) in [4.78, 5) is 13.9. The number of primary amides is 1. The van der Waals surface area contributed by atoms with Crippen LogP contribution in [-0.4, -0.2) is 41.1 Å². The van der Waals surface area contributed by atoms with E-state index in [1.165, 1.54) is 18.4 Å². The van der Waals surface area contributed by atoms with Crippen molar-refractivity contribution in [3.8, 4) is 0 Å². The highest BCUT2D eigenvalue weighted by Gasteiger charge is 2.40. The van der Waals surface area contributed by atoms with Crippen molar-refractivity contribution < 1.29 is 9.90 Å². The number of carbonyl (C=O) groups excluding carboxylic acids is 1. The zero-order chi connectivity index (χ0) is 14.8. The lowest BCUT2D eigenvalue weighted by atomic mass is 9.84. The van der Waals surface area contributed by atoms with Gasteiger partial charge in [0.2, 0.25) is 5.91 Å². The van der Waals surface area contributed by atoms with Crippen molar-refractivity contribution >= 4 is 5.91 Å². The lowest BCUT2D eigenvalue weighted by Gasteiger charge is -2.39. The summed E-state index contributed by atoms with van der Waals surface area (Å²) in [5, 5.41) is 9.03. The Labute approximate surface area is 125 Å². The molecule has 2 saturated heterocycles. The summed E-state index contributed by atoms with van der Waals surface area (Å²) in [5.41, 5.74) is 7.25. The maximum Gasteiger partial charge on any atom is 0.248 e. The molecular weight excluding hydrogens is 264 g/mol. The molecule has 0 aromatic heterocycles. The first kappa shape index (κ1) is 14.5. The highest BCUT2D eigenvalue weighted by molar-refractivity contribution is 5.92. The van der Waals surface area contributed by atoms with Crippen molar-refractivity contribution in [1.82, 2.24) is 4.90 Å². The molecule has 21 heavy (non-hydrogen) atoms. The molecular formula is C17H24N2O2. The third-order valence-corrected chi connectivity index (χ3v) is 5.10. The van der Waals surface area contributed by atoms with E-state index in [1.54, 1.807) is 6.07 Å². The van der Waals surface area contributed by atoms with Crippen molar-refractivity contribution in [2.75, 3.05) is 13.2 Å². The maximum absolute atomic E-state index is 11.3. The van der Waals surface area contributed by atoms with Gasteiger partial charge in [0.15, 0.2) is 0 Å². The predicted octanol–water partition coefficient (Wildman–Crippen LogP) is 1.88. The van der Waals surface area contributed by atoms with Gasteiger partial charge in [-0.2, -0.15) is 0 Å². The average molecular weight is 288 g/mol. The maximum atomic E-state index is 11.3. The second-order valence-electron chi connectivity index (χ2n) is 6.36. The van der Waals surface area contributed by atoms with Crippen LogP contribution < -0.4 is 5.73 Å². The summed E-state index contributed by atoms with van der Waals surface area (Å²) < 4.78 is 0. The van der Waals surface area contributed by atoms with E-state index in [0.717, 1.165) is 25.8 Å². The number of hydrogen-bond donors (Lipinski definition) is 2. The number of amides is 1. The summed E-state index contributed by atoms with van der Waals surface area (Å²) in [6.45, 7) is 1.29. The Morgan fingerprint density at radius 3 is 2.62 bits per heavy atom. The largest absolute Gasteiger partial charge is 0.396 e. The van der Waals surface area contributed by atoms with E-state index in [4.69, 9.17) is 10.8 Å². The van der Waals surface area contributed by atoms with Crippen LogP contribution in [0.15, 0.2) is 24.3 Å². The first-order valence-corrected chi connectivity index (χ1v) is 7.95. The summed E-state index contributed by atoms with van der Waals surface area (Å²) >= 11 is 0. The van der Waals surface area contributed by atoms with E-state index in [9.17, 15) is 4.79 Å². The number of nitrogens with zero attached hydrogens (tertiary/aromatic N) is 1. The number of aliphatic hydroxyl groups is 1. The highest BCUT2D eigenvalue weighted by Crippen LogP contribution is 2.43. The molecule has 0 unspecified atom stereocenters. The minimum atomic E-state index is -0.347. The Kier molecular flexibility index (Phi) is 4.27. The van der Waals surface area contributed by atoms with Crippen LogP contribution >= 0.6 is 0 Å². The lowest BCUT2D eigenvalue weighted by Crippen LogP contribution is -2.42. The van der Waals surface area contributed by atoms with Crippen LogP contribution in [0, 0.1) is 0 Å². The summed E-state index contributed by atoms with van der Waals surface area (Å²) in [7, 11) is 0. The summed E-state index contributed by atoms with van der Waals surface area (Å²) in [6, 6.07) is 9.09. The molecule has 3 atom stereocenters. The second-order valence-corrected chi connectivity index (χ2v) is 6.36. The van der Waals surface area contributed by atoms with Gasteiger partial charge in [-0.3, -0.25) is 9.69 Å². The van der Waals surface area contributed by atoms with Crippen molar-refractivity contribution in [1.29, 1.82) is 0 Å². The first-order valence-electron chi connectivity index (χ1n) is 7.95. The number of carbonyl (C=O) groups is 1. The van der Waals surface area contributed by atoms with Crippen LogP contribution in [0.3, 0.4) is 0 Å². The van der Waals surface area contributed by atoms with E-state index in [1.807, 2.05) is 12.1 Å². The SMILES string of the molecule is NC(=O)c1cccc([C@H]2C[C@H]3CC[C@@H](C2)N3CCCO)c1. The minimum Gasteiger partial charge on any atom is -0.396 e. The number of piperidine rings is 1. The Morgan fingerprint density at radius 1 is 1.29 bits per heavy atom. The number of rotatable bonds is 5. The number of nitrogens with two attached hydrogens (primary N) is 1. The quantitative estimate of drug-likeness (QED) is 0.869. The molecule has 1 aromatic rings. The van der Waals surface area contributed by atoms with Gasteiger partial charge in [0.05, 0.1) is 0 Å². The van der Waals surface area contributed by atoms with Crippen LogP contribution in [0.1, 0.15) is 53.9 Å². The fourth-order valence-corrected chi connectivity index (χ4v) is 4.11. The smallest absolute Gasteiger partial charge is 0.248 e. The molecule has 2 aliphatic heterocycles. The third kappa shape index (κ3) is 2.97. The molecule has 114 valence electrons. The van der Waals surface area contributed by atoms with Gasteiger partial charge in [0.25, 0.3) is 0 Å². The van der Waals surface area contributed by atoms with Crippen LogP contribution in [-0.2, 0) is 0 Å². The molecule has 2 bridgehead atoms. The van der Waals surface area contributed by atoms with Crippen LogP contribution in [0.5, 0.6) is 0 Å². The van der Waals surface area contributed by atoms with Gasteiger partial charge >= 0.3 is 0 Å². The van der Waals surface area contributed by atoms with E-state index in [2.05, 4.69) is 11.0 Å². The third-order valence-electron chi connectivity index (χ3n) is 5.10. The molecule has 3 rings (SSSR count). The van der Waals surface area contributed by atoms with Crippen molar-refractivity contribution in [2.45, 2.75) is 50.1 Å². The fourth-order valence-electron chi connectivity index (χ4n) is 4.11. The Morgan fingerprint density at radius 2 is 2.00 bits per heavy atom. The molecule has 0 radical (unpaired) electrons. The molecule has 3 N–H and O–H groups in total. The lowest BCUT2D eigenvalue weighted by molar-refractivity contribution is 0.1000. The molecule has 1 aromatic carbocycles. The molecule has 4 nitrogen and oxygen atoms in total. The minimum absolute atomic E-state index is 0.278. The topological polar surface area (TPSA) is 66.6 Å². The molecule has 0 aliphatic carbocycles. The molecule has 0 saturated carbocycles. The van der Waals surface area contributed by atoms with Crippen molar-refractivity contribution in [2.24, 2.45) is 5.73 Å². The van der Waals surface area contributed by atoms with Gasteiger partial charge in [-0.25, -0.2) is 0 Å². The van der Waals surface area contributed by atoms with Crippen molar-refractivity contribution in [3.05, 3.63) is 35.4 Å². The standard InChI is InChI=1S/C17H24N2O2/c18-17(21)13-4-1-3-12(9-13)14-10-15-5-6-16(11-14)19(15)7-2-8-20/h1,3-4,9,14-16,20H,2,5-8,10-11H2,(H2,18,21)/t14-,15+,16-. The Balaban J connectivity index is 1.72. The zero-order valence-electron chi connectivity index (χ0n) is 12.4. The van der Waals surface area contributed by atoms with Gasteiger partial charge in [0.1, 0.15) is 0 Å². The van der Waals surface area contributed by atoms with E-state index < -0.39 is 0 Å². The number of aliphatic hydroxyl groups excluding tert-OH is 1. The number of fused-ring (bicyclic) bond motifs is 2. The highest BCUT2D eigenvalue weighted by atomic mass is 16.3. The van der Waals surface area contributed by atoms with Crippen molar-refractivity contribution in [3.63, 3.8) is 0 Å². The number of hydrogen-bond acceptors (Lipinski definition) is 3. The van der Waals surface area contributed by atoms with Gasteiger partial charge < -0.3 is 10.8 Å². The average Bonchev–Trinajstić information content (AvgIpc) is 2.73. The molecule has 2 heterocycles. The summed E-state index contributed by atoms with van der Waals surface area (Å²) in [6.07, 6.45) is 5.72. The van der Waals surface area contributed by atoms with Gasteiger partial charge in [0, 0.05) is 30.8 Å². The van der Waals surface area contributed by atoms with Crippen LogP contribution in [0.4, 0.5) is 0 Å². The van der Waals surface area contributed by atoms with E-state index in [0.29, 0.717) is 23.6 Å². The monoisotopic (exact) mass is 288 g/mol. The van der Waals surface area contributed by atoms with Gasteiger partial charge in [-0.1, -0.05) is 12.1 Å². The molecule has 2 fully saturated rings. The summed E-state index contributed by atoms with van der Waals surface area (Å²) in [5.74, 6) is 0.187. The van der Waals surface area contributed by atoms with E-state index >= 15 is 0 Å². The number of benzene rings is 1. The van der Waals surface area contributed by atoms with Gasteiger partial charge in [-0.15, -0.1) is 0 Å². The fraction of sp³-hybridized carbons (Fsp3) is 0.588. The predicted molar refractivity (Wildman–Crippen MR) is 82.2 cm³/mol. The van der Waals surface area contributed by atoms with Crippen LogP contribution in [0.2, 0.25) is 0 Å². The second kappa shape index (κ2) is 6.16.